The molecule has 0 atom stereocenters. The summed E-state index contributed by atoms with van der Waals surface area (Å²) in [5, 5.41) is 11.8. The molecule has 1 heterocycles. The molecule has 0 saturated carbocycles. The minimum absolute atomic E-state index is 0. The zero-order valence-electron chi connectivity index (χ0n) is 15.4. The van der Waals surface area contributed by atoms with Crippen LogP contribution in [0.4, 0.5) is 11.4 Å². The molecule has 0 amide bonds. The standard InChI is InChI=1S/C22H22BrN2O.ClH/c1-3-25(13-14-26)16-9-7-15(8-10-16)22-18-6-4-5-17-19(23)11-12-20(21(17)18)24(22)2;/h4-12,26H,3,13-14H2,1-2H3;1H/q+1;/p-1. The average Bonchev–Trinajstić information content (AvgIpc) is 2.96. The summed E-state index contributed by atoms with van der Waals surface area (Å²) in [5.74, 6) is 0. The van der Waals surface area contributed by atoms with Crippen molar-refractivity contribution in [2.75, 3.05) is 31.6 Å². The number of aliphatic hydroxyl groups is 1. The van der Waals surface area contributed by atoms with Gasteiger partial charge in [-0.05, 0) is 43.3 Å². The first-order valence-electron chi connectivity index (χ1n) is 8.94. The Kier molecular flexibility index (Phi) is 5.89. The van der Waals surface area contributed by atoms with E-state index in [0.29, 0.717) is 6.54 Å². The van der Waals surface area contributed by atoms with Crippen molar-refractivity contribution in [3.8, 4) is 0 Å². The number of benzene rings is 3. The van der Waals surface area contributed by atoms with Crippen LogP contribution in [0, 0.1) is 0 Å². The first-order chi connectivity index (χ1) is 12.7. The highest BCUT2D eigenvalue weighted by atomic mass is 79.9. The largest absolute Gasteiger partial charge is 1.00 e. The molecule has 0 fully saturated rings. The van der Waals surface area contributed by atoms with Crippen LogP contribution in [0.15, 0.2) is 59.1 Å². The van der Waals surface area contributed by atoms with Gasteiger partial charge in [0, 0.05) is 40.3 Å². The second kappa shape index (κ2) is 8.01. The molecule has 27 heavy (non-hydrogen) atoms. The Hall–Kier alpha value is -1.88. The third-order valence-corrected chi connectivity index (χ3v) is 5.87. The molecule has 0 aromatic heterocycles. The van der Waals surface area contributed by atoms with E-state index in [1.165, 1.54) is 33.3 Å². The van der Waals surface area contributed by atoms with Gasteiger partial charge >= 0.3 is 0 Å². The summed E-state index contributed by atoms with van der Waals surface area (Å²) in [7, 11) is 2.13. The van der Waals surface area contributed by atoms with Gasteiger partial charge in [0.25, 0.3) is 0 Å². The normalized spacial score (nSPS) is 12.4. The molecular formula is C22H22BrClN2O. The number of nitrogens with zero attached hydrogens (tertiary/aromatic N) is 2. The molecule has 1 N–H and O–H groups in total. The van der Waals surface area contributed by atoms with Crippen molar-refractivity contribution in [1.82, 2.24) is 0 Å². The van der Waals surface area contributed by atoms with Gasteiger partial charge < -0.3 is 22.4 Å². The fourth-order valence-electron chi connectivity index (χ4n) is 3.90. The van der Waals surface area contributed by atoms with Crippen molar-refractivity contribution in [2.45, 2.75) is 6.92 Å². The first kappa shape index (κ1) is 19.9. The van der Waals surface area contributed by atoms with E-state index in [1.807, 2.05) is 0 Å². The average molecular weight is 446 g/mol. The molecule has 1 aliphatic rings. The summed E-state index contributed by atoms with van der Waals surface area (Å²) in [6, 6.07) is 19.5. The zero-order valence-corrected chi connectivity index (χ0v) is 17.8. The Labute approximate surface area is 174 Å². The first-order valence-corrected chi connectivity index (χ1v) is 9.73. The smallest absolute Gasteiger partial charge is 0.220 e. The van der Waals surface area contributed by atoms with Crippen LogP contribution < -0.4 is 17.3 Å². The number of halogens is 2. The van der Waals surface area contributed by atoms with Gasteiger partial charge in [0.15, 0.2) is 0 Å². The summed E-state index contributed by atoms with van der Waals surface area (Å²) in [4.78, 5) is 2.18. The van der Waals surface area contributed by atoms with E-state index < -0.39 is 0 Å². The summed E-state index contributed by atoms with van der Waals surface area (Å²) in [6.07, 6.45) is 0. The van der Waals surface area contributed by atoms with Gasteiger partial charge in [-0.3, -0.25) is 0 Å². The number of aliphatic hydroxyl groups excluding tert-OH is 1. The van der Waals surface area contributed by atoms with Gasteiger partial charge in [0.05, 0.1) is 17.6 Å². The maximum atomic E-state index is 9.24. The van der Waals surface area contributed by atoms with Gasteiger partial charge in [-0.1, -0.05) is 28.1 Å². The van der Waals surface area contributed by atoms with E-state index in [0.717, 1.165) is 16.7 Å². The molecule has 0 bridgehead atoms. The Bertz CT molecular complexity index is 1010. The van der Waals surface area contributed by atoms with Gasteiger partial charge in [-0.15, -0.1) is 0 Å². The van der Waals surface area contributed by atoms with Crippen LogP contribution in [0.2, 0.25) is 0 Å². The van der Waals surface area contributed by atoms with Gasteiger partial charge in [0.1, 0.15) is 7.05 Å². The van der Waals surface area contributed by atoms with Crippen LogP contribution >= 0.6 is 15.9 Å². The Balaban J connectivity index is 0.00000210. The maximum absolute atomic E-state index is 9.24. The van der Waals surface area contributed by atoms with Crippen LogP contribution in [0.5, 0.6) is 0 Å². The second-order valence-corrected chi connectivity index (χ2v) is 7.41. The van der Waals surface area contributed by atoms with Gasteiger partial charge in [-0.2, -0.15) is 4.58 Å². The number of hydrogen-bond acceptors (Lipinski definition) is 2. The van der Waals surface area contributed by atoms with Crippen LogP contribution in [-0.4, -0.2) is 42.1 Å². The Morgan fingerprint density at radius 3 is 2.44 bits per heavy atom. The van der Waals surface area contributed by atoms with Crippen molar-refractivity contribution < 1.29 is 22.1 Å². The molecule has 0 spiro atoms. The third-order valence-electron chi connectivity index (χ3n) is 5.17. The maximum Gasteiger partial charge on any atom is 0.220 e. The van der Waals surface area contributed by atoms with Crippen molar-refractivity contribution in [2.24, 2.45) is 0 Å². The number of likely N-dealkylation sites (N-methyl/N-ethyl adjacent to an activating group) is 1. The molecule has 4 rings (SSSR count). The fourth-order valence-corrected chi connectivity index (χ4v) is 4.36. The van der Waals surface area contributed by atoms with E-state index in [2.05, 4.69) is 94.0 Å². The molecular weight excluding hydrogens is 424 g/mol. The van der Waals surface area contributed by atoms with Crippen molar-refractivity contribution >= 4 is 43.8 Å². The predicted molar refractivity (Wildman–Crippen MR) is 112 cm³/mol. The lowest BCUT2D eigenvalue weighted by atomic mass is 9.98. The molecule has 5 heteroatoms. The molecule has 140 valence electrons. The van der Waals surface area contributed by atoms with Crippen molar-refractivity contribution in [3.05, 3.63) is 70.2 Å². The Morgan fingerprint density at radius 2 is 1.78 bits per heavy atom. The lowest BCUT2D eigenvalue weighted by Crippen LogP contribution is -3.00. The van der Waals surface area contributed by atoms with E-state index in [9.17, 15) is 5.11 Å². The predicted octanol–water partition coefficient (Wildman–Crippen LogP) is 1.55. The quantitative estimate of drug-likeness (QED) is 0.603. The van der Waals surface area contributed by atoms with Crippen LogP contribution in [-0.2, 0) is 0 Å². The molecule has 0 aliphatic carbocycles. The summed E-state index contributed by atoms with van der Waals surface area (Å²) < 4.78 is 3.41. The van der Waals surface area contributed by atoms with Gasteiger partial charge in [0.2, 0.25) is 11.4 Å². The van der Waals surface area contributed by atoms with Gasteiger partial charge in [-0.25, -0.2) is 0 Å². The number of rotatable bonds is 5. The topological polar surface area (TPSA) is 26.5 Å². The minimum Gasteiger partial charge on any atom is -1.00 e. The molecule has 0 saturated heterocycles. The van der Waals surface area contributed by atoms with Crippen LogP contribution in [0.25, 0.3) is 10.8 Å². The van der Waals surface area contributed by atoms with E-state index >= 15 is 0 Å². The Morgan fingerprint density at radius 1 is 1.04 bits per heavy atom. The molecule has 0 radical (unpaired) electrons. The minimum atomic E-state index is 0. The molecule has 1 aliphatic heterocycles. The van der Waals surface area contributed by atoms with Crippen molar-refractivity contribution in [3.63, 3.8) is 0 Å². The number of hydrogen-bond donors (Lipinski definition) is 1. The fraction of sp³-hybridized carbons (Fsp3) is 0.227. The second-order valence-electron chi connectivity index (χ2n) is 6.55. The SMILES string of the molecule is CCN(CCO)c1ccc(C2=[N+](C)c3ccc(Br)c4cccc2c34)cc1.[Cl-]. The molecule has 3 aromatic carbocycles. The zero-order chi connectivity index (χ0) is 18.3. The summed E-state index contributed by atoms with van der Waals surface area (Å²) in [6.45, 7) is 3.82. The van der Waals surface area contributed by atoms with E-state index in [-0.39, 0.29) is 19.0 Å². The highest BCUT2D eigenvalue weighted by Gasteiger charge is 2.31. The number of anilines is 1. The van der Waals surface area contributed by atoms with E-state index in [4.69, 9.17) is 0 Å². The van der Waals surface area contributed by atoms with E-state index in [1.54, 1.807) is 0 Å². The molecule has 3 nitrogen and oxygen atoms in total. The van der Waals surface area contributed by atoms with Crippen LogP contribution in [0.3, 0.4) is 0 Å². The van der Waals surface area contributed by atoms with Crippen LogP contribution in [0.1, 0.15) is 18.1 Å². The highest BCUT2D eigenvalue weighted by Crippen LogP contribution is 2.39. The lowest BCUT2D eigenvalue weighted by molar-refractivity contribution is -0.399. The molecule has 3 aromatic rings. The highest BCUT2D eigenvalue weighted by molar-refractivity contribution is 9.10. The summed E-state index contributed by atoms with van der Waals surface area (Å²) in [5.41, 5.74) is 6.10. The monoisotopic (exact) mass is 444 g/mol. The van der Waals surface area contributed by atoms with Crippen molar-refractivity contribution in [1.29, 1.82) is 0 Å². The lowest BCUT2D eigenvalue weighted by Gasteiger charge is -2.22. The molecule has 0 unspecified atom stereocenters. The summed E-state index contributed by atoms with van der Waals surface area (Å²) >= 11 is 3.68. The third kappa shape index (κ3) is 3.27.